The van der Waals surface area contributed by atoms with Crippen LogP contribution in [0.25, 0.3) is 11.1 Å². The van der Waals surface area contributed by atoms with Crippen LogP contribution in [0, 0.1) is 5.82 Å². The van der Waals surface area contributed by atoms with E-state index in [4.69, 9.17) is 5.73 Å². The Morgan fingerprint density at radius 2 is 1.52 bits per heavy atom. The number of rotatable bonds is 4. The Balaban J connectivity index is 1.94. The molecule has 3 rings (SSSR count). The van der Waals surface area contributed by atoms with E-state index in [1.165, 1.54) is 12.1 Å². The van der Waals surface area contributed by atoms with Crippen molar-refractivity contribution in [2.75, 3.05) is 0 Å². The molecule has 4 heteroatoms. The topological polar surface area (TPSA) is 43.1 Å². The second kappa shape index (κ2) is 6.67. The molecule has 0 aliphatic carbocycles. The summed E-state index contributed by atoms with van der Waals surface area (Å²) < 4.78 is 13.0. The number of primary amides is 1. The van der Waals surface area contributed by atoms with E-state index in [1.807, 2.05) is 36.4 Å². The maximum Gasteiger partial charge on any atom is 0.248 e. The number of amides is 1. The Bertz CT molecular complexity index is 829. The molecule has 0 saturated carbocycles. The highest BCUT2D eigenvalue weighted by atomic mass is 32.2. The minimum Gasteiger partial charge on any atom is -0.366 e. The maximum absolute atomic E-state index is 13.0. The maximum atomic E-state index is 13.0. The molecule has 2 nitrogen and oxygen atoms in total. The predicted molar refractivity (Wildman–Crippen MR) is 90.9 cm³/mol. The second-order valence-electron chi connectivity index (χ2n) is 4.99. The van der Waals surface area contributed by atoms with E-state index in [9.17, 15) is 9.18 Å². The Morgan fingerprint density at radius 1 is 0.870 bits per heavy atom. The molecule has 2 N–H and O–H groups in total. The molecule has 0 unspecified atom stereocenters. The molecule has 3 aromatic carbocycles. The first-order valence-corrected chi connectivity index (χ1v) is 7.88. The lowest BCUT2D eigenvalue weighted by molar-refractivity contribution is 0.100. The number of nitrogens with two attached hydrogens (primary N) is 1. The summed E-state index contributed by atoms with van der Waals surface area (Å²) in [6, 6.07) is 21.6. The zero-order valence-electron chi connectivity index (χ0n) is 12.2. The zero-order chi connectivity index (χ0) is 16.2. The molecule has 0 fully saturated rings. The van der Waals surface area contributed by atoms with Crippen LogP contribution < -0.4 is 5.73 Å². The lowest BCUT2D eigenvalue weighted by atomic mass is 10.0. The van der Waals surface area contributed by atoms with Gasteiger partial charge in [-0.25, -0.2) is 4.39 Å². The van der Waals surface area contributed by atoms with Gasteiger partial charge in [-0.3, -0.25) is 4.79 Å². The molecular weight excluding hydrogens is 309 g/mol. The van der Waals surface area contributed by atoms with E-state index in [1.54, 1.807) is 36.0 Å². The molecule has 0 heterocycles. The van der Waals surface area contributed by atoms with Gasteiger partial charge in [0.25, 0.3) is 0 Å². The van der Waals surface area contributed by atoms with Gasteiger partial charge >= 0.3 is 0 Å². The molecule has 0 aromatic heterocycles. The first-order chi connectivity index (χ1) is 11.1. The van der Waals surface area contributed by atoms with E-state index < -0.39 is 5.91 Å². The number of carbonyl (C=O) groups is 1. The summed E-state index contributed by atoms with van der Waals surface area (Å²) in [4.78, 5) is 13.2. The molecule has 114 valence electrons. The molecule has 0 atom stereocenters. The van der Waals surface area contributed by atoms with Gasteiger partial charge in [0.1, 0.15) is 5.82 Å². The van der Waals surface area contributed by atoms with Crippen LogP contribution in [-0.2, 0) is 0 Å². The number of hydrogen-bond donors (Lipinski definition) is 1. The minimum atomic E-state index is -0.439. The molecule has 1 amide bonds. The van der Waals surface area contributed by atoms with Crippen molar-refractivity contribution >= 4 is 17.7 Å². The van der Waals surface area contributed by atoms with Gasteiger partial charge in [-0.15, -0.1) is 0 Å². The van der Waals surface area contributed by atoms with E-state index in [0.717, 1.165) is 20.9 Å². The fraction of sp³-hybridized carbons (Fsp3) is 0. The van der Waals surface area contributed by atoms with E-state index in [-0.39, 0.29) is 5.82 Å². The number of carbonyl (C=O) groups excluding carboxylic acids is 1. The lowest BCUT2D eigenvalue weighted by Crippen LogP contribution is -2.10. The minimum absolute atomic E-state index is 0.246. The summed E-state index contributed by atoms with van der Waals surface area (Å²) >= 11 is 1.57. The smallest absolute Gasteiger partial charge is 0.248 e. The third-order valence-electron chi connectivity index (χ3n) is 3.41. The molecular formula is C19H14FNOS. The van der Waals surface area contributed by atoms with E-state index in [0.29, 0.717) is 5.56 Å². The van der Waals surface area contributed by atoms with Crippen molar-refractivity contribution in [1.82, 2.24) is 0 Å². The first kappa shape index (κ1) is 15.3. The molecule has 0 radical (unpaired) electrons. The molecule has 3 aromatic rings. The van der Waals surface area contributed by atoms with Gasteiger partial charge in [0.15, 0.2) is 0 Å². The predicted octanol–water partition coefficient (Wildman–Crippen LogP) is 4.74. The molecule has 0 aliphatic heterocycles. The van der Waals surface area contributed by atoms with E-state index >= 15 is 0 Å². The highest BCUT2D eigenvalue weighted by molar-refractivity contribution is 7.99. The quantitative estimate of drug-likeness (QED) is 0.753. The highest BCUT2D eigenvalue weighted by Gasteiger charge is 2.08. The third-order valence-corrected chi connectivity index (χ3v) is 4.49. The van der Waals surface area contributed by atoms with Crippen LogP contribution in [0.3, 0.4) is 0 Å². The van der Waals surface area contributed by atoms with Crippen LogP contribution in [0.4, 0.5) is 4.39 Å². The van der Waals surface area contributed by atoms with Gasteiger partial charge in [-0.05, 0) is 53.6 Å². The third kappa shape index (κ3) is 3.60. The lowest BCUT2D eigenvalue weighted by Gasteiger charge is -2.10. The van der Waals surface area contributed by atoms with Crippen molar-refractivity contribution in [1.29, 1.82) is 0 Å². The summed E-state index contributed by atoms with van der Waals surface area (Å²) in [6.07, 6.45) is 0. The monoisotopic (exact) mass is 323 g/mol. The van der Waals surface area contributed by atoms with Crippen molar-refractivity contribution < 1.29 is 9.18 Å². The Morgan fingerprint density at radius 3 is 2.17 bits per heavy atom. The van der Waals surface area contributed by atoms with Crippen LogP contribution in [0.5, 0.6) is 0 Å². The van der Waals surface area contributed by atoms with Crippen molar-refractivity contribution in [3.05, 3.63) is 84.2 Å². The van der Waals surface area contributed by atoms with Gasteiger partial charge in [0.2, 0.25) is 5.91 Å². The average Bonchev–Trinajstić information content (AvgIpc) is 2.57. The van der Waals surface area contributed by atoms with Crippen LogP contribution >= 0.6 is 11.8 Å². The second-order valence-corrected chi connectivity index (χ2v) is 6.11. The molecule has 0 aliphatic rings. The van der Waals surface area contributed by atoms with Gasteiger partial charge in [0.05, 0.1) is 0 Å². The summed E-state index contributed by atoms with van der Waals surface area (Å²) in [5.41, 5.74) is 7.81. The molecule has 0 spiro atoms. The zero-order valence-corrected chi connectivity index (χ0v) is 13.0. The number of hydrogen-bond acceptors (Lipinski definition) is 2. The van der Waals surface area contributed by atoms with Gasteiger partial charge in [0, 0.05) is 15.4 Å². The number of halogens is 1. The van der Waals surface area contributed by atoms with E-state index in [2.05, 4.69) is 0 Å². The van der Waals surface area contributed by atoms with Crippen molar-refractivity contribution in [3.63, 3.8) is 0 Å². The fourth-order valence-electron chi connectivity index (χ4n) is 2.24. The largest absolute Gasteiger partial charge is 0.366 e. The Kier molecular flexibility index (Phi) is 4.44. The highest BCUT2D eigenvalue weighted by Crippen LogP contribution is 2.35. The fourth-order valence-corrected chi connectivity index (χ4v) is 3.21. The average molecular weight is 323 g/mol. The van der Waals surface area contributed by atoms with Crippen LogP contribution in [0.15, 0.2) is 82.6 Å². The normalized spacial score (nSPS) is 10.5. The van der Waals surface area contributed by atoms with Crippen molar-refractivity contribution in [3.8, 4) is 11.1 Å². The standard InChI is InChI=1S/C19H14FNOS/c20-15-9-11-16(12-10-15)23-18-4-2-1-3-17(18)13-5-7-14(8-6-13)19(21)22/h1-12H,(H2,21,22). The Hall–Kier alpha value is -2.59. The van der Waals surface area contributed by atoms with Crippen molar-refractivity contribution in [2.24, 2.45) is 5.73 Å². The van der Waals surface area contributed by atoms with Crippen LogP contribution in [-0.4, -0.2) is 5.91 Å². The number of benzene rings is 3. The summed E-state index contributed by atoms with van der Waals surface area (Å²) in [5.74, 6) is -0.685. The van der Waals surface area contributed by atoms with Crippen molar-refractivity contribution in [2.45, 2.75) is 9.79 Å². The SMILES string of the molecule is NC(=O)c1ccc(-c2ccccc2Sc2ccc(F)cc2)cc1. The summed E-state index contributed by atoms with van der Waals surface area (Å²) in [6.45, 7) is 0. The van der Waals surface area contributed by atoms with Crippen LogP contribution in [0.1, 0.15) is 10.4 Å². The summed E-state index contributed by atoms with van der Waals surface area (Å²) in [5, 5.41) is 0. The molecule has 0 bridgehead atoms. The van der Waals surface area contributed by atoms with Gasteiger partial charge in [-0.2, -0.15) is 0 Å². The van der Waals surface area contributed by atoms with Crippen LogP contribution in [0.2, 0.25) is 0 Å². The van der Waals surface area contributed by atoms with Gasteiger partial charge < -0.3 is 5.73 Å². The first-order valence-electron chi connectivity index (χ1n) is 7.06. The Labute approximate surface area is 138 Å². The summed E-state index contributed by atoms with van der Waals surface area (Å²) in [7, 11) is 0. The molecule has 0 saturated heterocycles. The molecule has 23 heavy (non-hydrogen) atoms. The van der Waals surface area contributed by atoms with Gasteiger partial charge in [-0.1, -0.05) is 42.1 Å².